The Balaban J connectivity index is 0. The van der Waals surface area contributed by atoms with Crippen LogP contribution in [0.4, 0.5) is 0 Å². The van der Waals surface area contributed by atoms with Gasteiger partial charge in [0.1, 0.15) is 5.78 Å². The van der Waals surface area contributed by atoms with E-state index >= 15 is 0 Å². The van der Waals surface area contributed by atoms with Crippen molar-refractivity contribution in [2.45, 2.75) is 54.4 Å². The summed E-state index contributed by atoms with van der Waals surface area (Å²) < 4.78 is 0. The second-order valence-corrected chi connectivity index (χ2v) is 2.77. The first-order valence-electron chi connectivity index (χ1n) is 5.24. The molecule has 0 saturated heterocycles. The Hall–Kier alpha value is -0.330. The SMILES string of the molecule is CC.CC.CC1CCC(=O)C1C. The van der Waals surface area contributed by atoms with E-state index in [2.05, 4.69) is 6.92 Å². The molecule has 12 heavy (non-hydrogen) atoms. The molecule has 1 rings (SSSR count). The van der Waals surface area contributed by atoms with Crippen LogP contribution in [0.2, 0.25) is 0 Å². The summed E-state index contributed by atoms with van der Waals surface area (Å²) in [5, 5.41) is 0. The smallest absolute Gasteiger partial charge is 0.135 e. The normalized spacial score (nSPS) is 26.7. The van der Waals surface area contributed by atoms with Crippen molar-refractivity contribution in [3.8, 4) is 0 Å². The quantitative estimate of drug-likeness (QED) is 0.545. The third-order valence-corrected chi connectivity index (χ3v) is 2.21. The van der Waals surface area contributed by atoms with Crippen molar-refractivity contribution in [1.82, 2.24) is 0 Å². The fourth-order valence-electron chi connectivity index (χ4n) is 1.16. The van der Waals surface area contributed by atoms with Crippen LogP contribution < -0.4 is 0 Å². The molecule has 1 heteroatoms. The topological polar surface area (TPSA) is 17.1 Å². The molecule has 0 amide bonds. The van der Waals surface area contributed by atoms with Crippen molar-refractivity contribution in [3.05, 3.63) is 0 Å². The molecular formula is C11H24O. The van der Waals surface area contributed by atoms with Crippen LogP contribution in [0.5, 0.6) is 0 Å². The molecule has 0 bridgehead atoms. The largest absolute Gasteiger partial charge is 0.299 e. The molecule has 0 radical (unpaired) electrons. The average Bonchev–Trinajstić information content (AvgIpc) is 2.43. The lowest BCUT2D eigenvalue weighted by atomic mass is 10.0. The second kappa shape index (κ2) is 8.76. The number of ketones is 1. The summed E-state index contributed by atoms with van der Waals surface area (Å²) in [5.74, 6) is 1.44. The van der Waals surface area contributed by atoms with Crippen LogP contribution in [-0.2, 0) is 4.79 Å². The summed E-state index contributed by atoms with van der Waals surface area (Å²) in [6, 6.07) is 0. The van der Waals surface area contributed by atoms with E-state index < -0.39 is 0 Å². The summed E-state index contributed by atoms with van der Waals surface area (Å²) in [5.41, 5.74) is 0. The van der Waals surface area contributed by atoms with Gasteiger partial charge in [-0.1, -0.05) is 41.5 Å². The number of hydrogen-bond acceptors (Lipinski definition) is 1. The zero-order valence-corrected chi connectivity index (χ0v) is 9.48. The zero-order chi connectivity index (χ0) is 10.1. The Bertz CT molecular complexity index is 108. The first kappa shape index (κ1) is 14.2. The lowest BCUT2D eigenvalue weighted by Gasteiger charge is -2.03. The minimum atomic E-state index is 0.343. The van der Waals surface area contributed by atoms with E-state index in [1.165, 1.54) is 0 Å². The van der Waals surface area contributed by atoms with Gasteiger partial charge >= 0.3 is 0 Å². The number of carbonyl (C=O) groups excluding carboxylic acids is 1. The zero-order valence-electron chi connectivity index (χ0n) is 9.48. The highest BCUT2D eigenvalue weighted by atomic mass is 16.1. The van der Waals surface area contributed by atoms with E-state index in [0.29, 0.717) is 17.6 Å². The fourth-order valence-corrected chi connectivity index (χ4v) is 1.16. The summed E-state index contributed by atoms with van der Waals surface area (Å²) in [6.07, 6.45) is 1.93. The number of Topliss-reactive ketones (excluding diaryl/α,β-unsaturated/α-hetero) is 1. The lowest BCUT2D eigenvalue weighted by Crippen LogP contribution is -2.06. The fraction of sp³-hybridized carbons (Fsp3) is 0.909. The van der Waals surface area contributed by atoms with Gasteiger partial charge in [-0.2, -0.15) is 0 Å². The van der Waals surface area contributed by atoms with Crippen LogP contribution >= 0.6 is 0 Å². The van der Waals surface area contributed by atoms with Gasteiger partial charge in [-0.3, -0.25) is 4.79 Å². The summed E-state index contributed by atoms with van der Waals surface area (Å²) in [6.45, 7) is 12.2. The van der Waals surface area contributed by atoms with E-state index in [-0.39, 0.29) is 0 Å². The molecule has 74 valence electrons. The Labute approximate surface area is 77.6 Å². The molecule has 1 saturated carbocycles. The van der Waals surface area contributed by atoms with Crippen molar-refractivity contribution in [2.24, 2.45) is 11.8 Å². The number of hydrogen-bond donors (Lipinski definition) is 0. The molecule has 0 aromatic heterocycles. The summed E-state index contributed by atoms with van der Waals surface area (Å²) >= 11 is 0. The monoisotopic (exact) mass is 172 g/mol. The minimum Gasteiger partial charge on any atom is -0.299 e. The number of rotatable bonds is 0. The van der Waals surface area contributed by atoms with Crippen LogP contribution in [-0.4, -0.2) is 5.78 Å². The van der Waals surface area contributed by atoms with E-state index in [1.54, 1.807) is 0 Å². The van der Waals surface area contributed by atoms with Gasteiger partial charge in [-0.15, -0.1) is 0 Å². The molecule has 0 heterocycles. The molecule has 0 aromatic carbocycles. The molecule has 1 nitrogen and oxygen atoms in total. The number of carbonyl (C=O) groups is 1. The van der Waals surface area contributed by atoms with Gasteiger partial charge in [-0.25, -0.2) is 0 Å². The van der Waals surface area contributed by atoms with Crippen molar-refractivity contribution in [3.63, 3.8) is 0 Å². The molecule has 0 aliphatic heterocycles. The van der Waals surface area contributed by atoms with Crippen molar-refractivity contribution < 1.29 is 4.79 Å². The average molecular weight is 172 g/mol. The molecule has 0 spiro atoms. The van der Waals surface area contributed by atoms with Gasteiger partial charge in [0.2, 0.25) is 0 Å². The highest BCUT2D eigenvalue weighted by Crippen LogP contribution is 2.26. The van der Waals surface area contributed by atoms with Crippen LogP contribution in [0.3, 0.4) is 0 Å². The maximum absolute atomic E-state index is 10.8. The lowest BCUT2D eigenvalue weighted by molar-refractivity contribution is -0.120. The highest BCUT2D eigenvalue weighted by Gasteiger charge is 2.26. The molecule has 0 N–H and O–H groups in total. The predicted octanol–water partition coefficient (Wildman–Crippen LogP) is 3.67. The van der Waals surface area contributed by atoms with Crippen LogP contribution in [0, 0.1) is 11.8 Å². The maximum Gasteiger partial charge on any atom is 0.135 e. The highest BCUT2D eigenvalue weighted by molar-refractivity contribution is 5.82. The molecule has 1 aliphatic carbocycles. The Kier molecular flexibility index (Phi) is 10.4. The van der Waals surface area contributed by atoms with Gasteiger partial charge in [0.05, 0.1) is 0 Å². The molecule has 1 fully saturated rings. The Morgan fingerprint density at radius 1 is 1.08 bits per heavy atom. The van der Waals surface area contributed by atoms with Gasteiger partial charge < -0.3 is 0 Å². The van der Waals surface area contributed by atoms with E-state index in [0.717, 1.165) is 12.8 Å². The molecule has 0 aromatic rings. The molecule has 2 unspecified atom stereocenters. The van der Waals surface area contributed by atoms with Crippen LogP contribution in [0.15, 0.2) is 0 Å². The molecular weight excluding hydrogens is 148 g/mol. The maximum atomic E-state index is 10.8. The summed E-state index contributed by atoms with van der Waals surface area (Å²) in [7, 11) is 0. The van der Waals surface area contributed by atoms with Crippen molar-refractivity contribution >= 4 is 5.78 Å². The molecule has 2 atom stereocenters. The van der Waals surface area contributed by atoms with E-state index in [9.17, 15) is 4.79 Å². The van der Waals surface area contributed by atoms with Gasteiger partial charge in [0.25, 0.3) is 0 Å². The Morgan fingerprint density at radius 3 is 1.58 bits per heavy atom. The van der Waals surface area contributed by atoms with Crippen molar-refractivity contribution in [2.75, 3.05) is 0 Å². The molecule has 1 aliphatic rings. The van der Waals surface area contributed by atoms with Crippen LogP contribution in [0.1, 0.15) is 54.4 Å². The second-order valence-electron chi connectivity index (χ2n) is 2.77. The first-order chi connectivity index (χ1) is 5.72. The standard InChI is InChI=1S/C7H12O.2C2H6/c1-5-3-4-7(8)6(5)2;2*1-2/h5-6H,3-4H2,1-2H3;2*1-2H3. The summed E-state index contributed by atoms with van der Waals surface area (Å²) in [4.78, 5) is 10.8. The Morgan fingerprint density at radius 2 is 1.50 bits per heavy atom. The predicted molar refractivity (Wildman–Crippen MR) is 55.3 cm³/mol. The third-order valence-electron chi connectivity index (χ3n) is 2.21. The first-order valence-corrected chi connectivity index (χ1v) is 5.24. The van der Waals surface area contributed by atoms with E-state index in [4.69, 9.17) is 0 Å². The van der Waals surface area contributed by atoms with Gasteiger partial charge in [0, 0.05) is 12.3 Å². The van der Waals surface area contributed by atoms with Crippen molar-refractivity contribution in [1.29, 1.82) is 0 Å². The van der Waals surface area contributed by atoms with Gasteiger partial charge in [0.15, 0.2) is 0 Å². The van der Waals surface area contributed by atoms with Crippen LogP contribution in [0.25, 0.3) is 0 Å². The van der Waals surface area contributed by atoms with Gasteiger partial charge in [-0.05, 0) is 12.3 Å². The minimum absolute atomic E-state index is 0.343. The third kappa shape index (κ3) is 4.53. The van der Waals surface area contributed by atoms with E-state index in [1.807, 2.05) is 34.6 Å².